The molecule has 2 nitrogen and oxygen atoms in total. The lowest BCUT2D eigenvalue weighted by Gasteiger charge is -2.14. The molecule has 0 amide bonds. The molecule has 0 saturated heterocycles. The average molecular weight is 240 g/mol. The van der Waals surface area contributed by atoms with Gasteiger partial charge in [0.15, 0.2) is 0 Å². The van der Waals surface area contributed by atoms with Crippen molar-refractivity contribution < 1.29 is 5.11 Å². The maximum Gasteiger partial charge on any atom is 0.0914 e. The van der Waals surface area contributed by atoms with Crippen LogP contribution < -0.4 is 5.32 Å². The number of benzene rings is 1. The van der Waals surface area contributed by atoms with Gasteiger partial charge in [-0.1, -0.05) is 30.7 Å². The van der Waals surface area contributed by atoms with Gasteiger partial charge in [-0.25, -0.2) is 0 Å². The fourth-order valence-corrected chi connectivity index (χ4v) is 1.83. The Kier molecular flexibility index (Phi) is 3.53. The number of halogens is 1. The number of aliphatic hydroxyl groups excluding tert-OH is 1. The minimum atomic E-state index is -0.445. The molecule has 1 unspecified atom stereocenters. The lowest BCUT2D eigenvalue weighted by atomic mass is 10.1. The smallest absolute Gasteiger partial charge is 0.0914 e. The molecule has 2 rings (SSSR count). The van der Waals surface area contributed by atoms with Gasteiger partial charge < -0.3 is 10.4 Å². The van der Waals surface area contributed by atoms with Gasteiger partial charge >= 0.3 is 0 Å². The molecule has 1 aliphatic carbocycles. The van der Waals surface area contributed by atoms with Gasteiger partial charge in [0.25, 0.3) is 0 Å². The molecule has 0 radical (unpaired) electrons. The normalized spacial score (nSPS) is 19.4. The summed E-state index contributed by atoms with van der Waals surface area (Å²) in [7, 11) is 0. The SMILES string of the molecule is CC1(CNCC(O)c2ccc(Cl)cc2)CC1. The van der Waals surface area contributed by atoms with Crippen LogP contribution in [-0.4, -0.2) is 18.2 Å². The van der Waals surface area contributed by atoms with Gasteiger partial charge in [0.05, 0.1) is 6.10 Å². The number of rotatable bonds is 5. The maximum atomic E-state index is 9.92. The number of nitrogens with one attached hydrogen (secondary N) is 1. The zero-order valence-corrected chi connectivity index (χ0v) is 10.3. The second kappa shape index (κ2) is 4.74. The highest BCUT2D eigenvalue weighted by molar-refractivity contribution is 6.30. The molecule has 0 spiro atoms. The van der Waals surface area contributed by atoms with Gasteiger partial charge in [-0.3, -0.25) is 0 Å². The van der Waals surface area contributed by atoms with Crippen LogP contribution in [-0.2, 0) is 0 Å². The number of hydrogen-bond acceptors (Lipinski definition) is 2. The fraction of sp³-hybridized carbons (Fsp3) is 0.538. The molecule has 1 saturated carbocycles. The molecule has 1 aliphatic rings. The molecule has 0 bridgehead atoms. The quantitative estimate of drug-likeness (QED) is 0.828. The summed E-state index contributed by atoms with van der Waals surface area (Å²) >= 11 is 5.79. The molecular formula is C13H18ClNO. The molecule has 1 aromatic rings. The van der Waals surface area contributed by atoms with Gasteiger partial charge in [0, 0.05) is 18.1 Å². The van der Waals surface area contributed by atoms with Crippen LogP contribution in [0.3, 0.4) is 0 Å². The van der Waals surface area contributed by atoms with E-state index in [4.69, 9.17) is 11.6 Å². The molecule has 0 aliphatic heterocycles. The summed E-state index contributed by atoms with van der Waals surface area (Å²) in [6, 6.07) is 7.35. The largest absolute Gasteiger partial charge is 0.387 e. The molecule has 88 valence electrons. The summed E-state index contributed by atoms with van der Waals surface area (Å²) in [5.41, 5.74) is 1.40. The molecule has 1 aromatic carbocycles. The fourth-order valence-electron chi connectivity index (χ4n) is 1.70. The van der Waals surface area contributed by atoms with Crippen molar-refractivity contribution in [3.63, 3.8) is 0 Å². The van der Waals surface area contributed by atoms with Crippen molar-refractivity contribution in [1.82, 2.24) is 5.32 Å². The van der Waals surface area contributed by atoms with Gasteiger partial charge in [0.2, 0.25) is 0 Å². The Morgan fingerprint density at radius 2 is 2.00 bits per heavy atom. The maximum absolute atomic E-state index is 9.92. The zero-order chi connectivity index (χ0) is 11.6. The first-order chi connectivity index (χ1) is 7.59. The Morgan fingerprint density at radius 1 is 1.38 bits per heavy atom. The van der Waals surface area contributed by atoms with E-state index in [-0.39, 0.29) is 0 Å². The van der Waals surface area contributed by atoms with Crippen molar-refractivity contribution in [2.75, 3.05) is 13.1 Å². The van der Waals surface area contributed by atoms with Gasteiger partial charge in [-0.15, -0.1) is 0 Å². The first kappa shape index (κ1) is 11.9. The molecular weight excluding hydrogens is 222 g/mol. The van der Waals surface area contributed by atoms with Crippen LogP contribution in [0.2, 0.25) is 5.02 Å². The number of aliphatic hydroxyl groups is 1. The monoisotopic (exact) mass is 239 g/mol. The van der Waals surface area contributed by atoms with E-state index in [2.05, 4.69) is 12.2 Å². The standard InChI is InChI=1S/C13H18ClNO/c1-13(6-7-13)9-15-8-12(16)10-2-4-11(14)5-3-10/h2-5,12,15-16H,6-9H2,1H3. The Morgan fingerprint density at radius 3 is 2.56 bits per heavy atom. The van der Waals surface area contributed by atoms with Gasteiger partial charge in [-0.2, -0.15) is 0 Å². The first-order valence-electron chi connectivity index (χ1n) is 5.73. The molecule has 0 aromatic heterocycles. The second-order valence-electron chi connectivity index (χ2n) is 5.01. The first-order valence-corrected chi connectivity index (χ1v) is 6.11. The van der Waals surface area contributed by atoms with Crippen molar-refractivity contribution in [3.05, 3.63) is 34.9 Å². The third-order valence-corrected chi connectivity index (χ3v) is 3.50. The van der Waals surface area contributed by atoms with Crippen LogP contribution in [0.4, 0.5) is 0 Å². The van der Waals surface area contributed by atoms with Crippen LogP contribution in [0.25, 0.3) is 0 Å². The molecule has 16 heavy (non-hydrogen) atoms. The van der Waals surface area contributed by atoms with E-state index in [1.54, 1.807) is 0 Å². The van der Waals surface area contributed by atoms with E-state index in [1.165, 1.54) is 12.8 Å². The second-order valence-corrected chi connectivity index (χ2v) is 5.45. The Hall–Kier alpha value is -0.570. The Bertz CT molecular complexity index is 345. The van der Waals surface area contributed by atoms with E-state index in [0.717, 1.165) is 12.1 Å². The third-order valence-electron chi connectivity index (χ3n) is 3.25. The molecule has 2 N–H and O–H groups in total. The van der Waals surface area contributed by atoms with Crippen molar-refractivity contribution in [2.24, 2.45) is 5.41 Å². The topological polar surface area (TPSA) is 32.3 Å². The van der Waals surface area contributed by atoms with Gasteiger partial charge in [-0.05, 0) is 36.0 Å². The van der Waals surface area contributed by atoms with E-state index < -0.39 is 6.10 Å². The highest BCUT2D eigenvalue weighted by atomic mass is 35.5. The summed E-state index contributed by atoms with van der Waals surface area (Å²) < 4.78 is 0. The van der Waals surface area contributed by atoms with Crippen molar-refractivity contribution in [3.8, 4) is 0 Å². The van der Waals surface area contributed by atoms with Crippen molar-refractivity contribution in [1.29, 1.82) is 0 Å². The highest BCUT2D eigenvalue weighted by Gasteiger charge is 2.36. The predicted octanol–water partition coefficient (Wildman–Crippen LogP) is 2.76. The molecule has 1 fully saturated rings. The van der Waals surface area contributed by atoms with E-state index in [0.29, 0.717) is 17.0 Å². The molecule has 1 atom stereocenters. The van der Waals surface area contributed by atoms with E-state index in [1.807, 2.05) is 24.3 Å². The Labute approximate surface area is 102 Å². The van der Waals surface area contributed by atoms with Crippen LogP contribution in [0, 0.1) is 5.41 Å². The Balaban J connectivity index is 1.78. The van der Waals surface area contributed by atoms with E-state index >= 15 is 0 Å². The lowest BCUT2D eigenvalue weighted by Crippen LogP contribution is -2.26. The van der Waals surface area contributed by atoms with Crippen molar-refractivity contribution in [2.45, 2.75) is 25.9 Å². The summed E-state index contributed by atoms with van der Waals surface area (Å²) in [6.45, 7) is 3.88. The van der Waals surface area contributed by atoms with Crippen LogP contribution in [0.5, 0.6) is 0 Å². The third kappa shape index (κ3) is 3.21. The molecule has 0 heterocycles. The van der Waals surface area contributed by atoms with Crippen LogP contribution >= 0.6 is 11.6 Å². The predicted molar refractivity (Wildman–Crippen MR) is 66.6 cm³/mol. The lowest BCUT2D eigenvalue weighted by molar-refractivity contribution is 0.172. The van der Waals surface area contributed by atoms with Crippen molar-refractivity contribution >= 4 is 11.6 Å². The molecule has 3 heteroatoms. The summed E-state index contributed by atoms with van der Waals surface area (Å²) in [5, 5.41) is 13.9. The van der Waals surface area contributed by atoms with Gasteiger partial charge in [0.1, 0.15) is 0 Å². The zero-order valence-electron chi connectivity index (χ0n) is 9.54. The summed E-state index contributed by atoms with van der Waals surface area (Å²) in [4.78, 5) is 0. The average Bonchev–Trinajstić information content (AvgIpc) is 2.97. The van der Waals surface area contributed by atoms with E-state index in [9.17, 15) is 5.11 Å². The van der Waals surface area contributed by atoms with Crippen LogP contribution in [0.15, 0.2) is 24.3 Å². The minimum absolute atomic E-state index is 0.445. The highest BCUT2D eigenvalue weighted by Crippen LogP contribution is 2.44. The summed E-state index contributed by atoms with van der Waals surface area (Å²) in [5.74, 6) is 0. The van der Waals surface area contributed by atoms with Crippen LogP contribution in [0.1, 0.15) is 31.4 Å². The number of hydrogen-bond donors (Lipinski definition) is 2. The minimum Gasteiger partial charge on any atom is -0.387 e. The summed E-state index contributed by atoms with van der Waals surface area (Å²) in [6.07, 6.45) is 2.16.